The molecule has 120 valence electrons. The van der Waals surface area contributed by atoms with Crippen LogP contribution in [0.15, 0.2) is 28.7 Å². The molecule has 0 aromatic heterocycles. The van der Waals surface area contributed by atoms with Gasteiger partial charge < -0.3 is 10.1 Å². The van der Waals surface area contributed by atoms with E-state index in [0.29, 0.717) is 0 Å². The van der Waals surface area contributed by atoms with Crippen molar-refractivity contribution in [3.05, 3.63) is 34.3 Å². The number of hydrogen-bond donors (Lipinski definition) is 1. The van der Waals surface area contributed by atoms with Crippen LogP contribution in [0, 0.1) is 0 Å². The van der Waals surface area contributed by atoms with Crippen LogP contribution in [-0.2, 0) is 4.74 Å². The predicted molar refractivity (Wildman–Crippen MR) is 94.7 cm³/mol. The Labute approximate surface area is 138 Å². The summed E-state index contributed by atoms with van der Waals surface area (Å²) >= 11 is 3.49. The Morgan fingerprint density at radius 3 is 2.33 bits per heavy atom. The first-order chi connectivity index (χ1) is 9.92. The fourth-order valence-electron chi connectivity index (χ4n) is 2.10. The minimum absolute atomic E-state index is 0.110. The van der Waals surface area contributed by atoms with Crippen LogP contribution in [0.3, 0.4) is 0 Å². The van der Waals surface area contributed by atoms with Crippen LogP contribution in [0.1, 0.15) is 65.0 Å². The lowest BCUT2D eigenvalue weighted by molar-refractivity contribution is 0.0457. The van der Waals surface area contributed by atoms with Crippen LogP contribution in [0.2, 0.25) is 0 Å². The molecule has 0 spiro atoms. The molecule has 0 heterocycles. The maximum absolute atomic E-state index is 6.13. The SMILES string of the molecule is CCCCCCOC(CNC(C)(C)C)c1ccc(Br)cc1. The Morgan fingerprint density at radius 1 is 1.10 bits per heavy atom. The average Bonchev–Trinajstić information content (AvgIpc) is 2.42. The summed E-state index contributed by atoms with van der Waals surface area (Å²) in [5, 5.41) is 3.55. The quantitative estimate of drug-likeness (QED) is 0.592. The monoisotopic (exact) mass is 355 g/mol. The highest BCUT2D eigenvalue weighted by molar-refractivity contribution is 9.10. The van der Waals surface area contributed by atoms with Crippen LogP contribution >= 0.6 is 15.9 Å². The zero-order chi connectivity index (χ0) is 15.7. The van der Waals surface area contributed by atoms with E-state index >= 15 is 0 Å². The summed E-state index contributed by atoms with van der Waals surface area (Å²) in [5.41, 5.74) is 1.35. The molecule has 0 amide bonds. The number of halogens is 1. The Bertz CT molecular complexity index is 383. The van der Waals surface area contributed by atoms with Gasteiger partial charge in [-0.3, -0.25) is 0 Å². The molecule has 1 N–H and O–H groups in total. The lowest BCUT2D eigenvalue weighted by atomic mass is 10.1. The van der Waals surface area contributed by atoms with Crippen LogP contribution in [0.4, 0.5) is 0 Å². The highest BCUT2D eigenvalue weighted by Crippen LogP contribution is 2.21. The van der Waals surface area contributed by atoms with Crippen LogP contribution in [0.5, 0.6) is 0 Å². The van der Waals surface area contributed by atoms with Gasteiger partial charge in [-0.2, -0.15) is 0 Å². The van der Waals surface area contributed by atoms with Crippen molar-refractivity contribution in [2.24, 2.45) is 0 Å². The van der Waals surface area contributed by atoms with Gasteiger partial charge in [0.25, 0.3) is 0 Å². The molecule has 1 atom stereocenters. The van der Waals surface area contributed by atoms with Gasteiger partial charge >= 0.3 is 0 Å². The molecule has 1 aromatic carbocycles. The van der Waals surface area contributed by atoms with Gasteiger partial charge in [0.1, 0.15) is 0 Å². The lowest BCUT2D eigenvalue weighted by Crippen LogP contribution is -2.39. The largest absolute Gasteiger partial charge is 0.372 e. The lowest BCUT2D eigenvalue weighted by Gasteiger charge is -2.26. The van der Waals surface area contributed by atoms with E-state index in [4.69, 9.17) is 4.74 Å². The van der Waals surface area contributed by atoms with Gasteiger partial charge in [-0.15, -0.1) is 0 Å². The third-order valence-corrected chi connectivity index (χ3v) is 3.91. The van der Waals surface area contributed by atoms with E-state index in [1.807, 2.05) is 0 Å². The minimum atomic E-state index is 0.110. The molecule has 3 heteroatoms. The fourth-order valence-corrected chi connectivity index (χ4v) is 2.37. The van der Waals surface area contributed by atoms with Gasteiger partial charge in [-0.1, -0.05) is 54.2 Å². The van der Waals surface area contributed by atoms with Crippen LogP contribution in [-0.4, -0.2) is 18.7 Å². The second-order valence-electron chi connectivity index (χ2n) is 6.60. The van der Waals surface area contributed by atoms with E-state index in [1.165, 1.54) is 24.8 Å². The summed E-state index contributed by atoms with van der Waals surface area (Å²) in [6, 6.07) is 8.45. The normalized spacial score (nSPS) is 13.4. The van der Waals surface area contributed by atoms with E-state index in [-0.39, 0.29) is 11.6 Å². The maximum atomic E-state index is 6.13. The Balaban J connectivity index is 2.55. The van der Waals surface area contributed by atoms with Crippen molar-refractivity contribution < 1.29 is 4.74 Å². The van der Waals surface area contributed by atoms with Crippen molar-refractivity contribution in [3.63, 3.8) is 0 Å². The number of rotatable bonds is 9. The van der Waals surface area contributed by atoms with Crippen molar-refractivity contribution in [1.82, 2.24) is 5.32 Å². The molecule has 1 unspecified atom stereocenters. The molecule has 0 radical (unpaired) electrons. The van der Waals surface area contributed by atoms with E-state index in [1.54, 1.807) is 0 Å². The summed E-state index contributed by atoms with van der Waals surface area (Å²) in [4.78, 5) is 0. The van der Waals surface area contributed by atoms with E-state index < -0.39 is 0 Å². The Kier molecular flexibility index (Phi) is 8.53. The van der Waals surface area contributed by atoms with Gasteiger partial charge in [-0.05, 0) is 44.9 Å². The average molecular weight is 356 g/mol. The molecule has 0 saturated carbocycles. The molecular weight excluding hydrogens is 326 g/mol. The third kappa shape index (κ3) is 8.60. The molecular formula is C18H30BrNO. The molecule has 0 aliphatic carbocycles. The molecule has 1 aromatic rings. The molecule has 0 fully saturated rings. The van der Waals surface area contributed by atoms with Crippen molar-refractivity contribution in [2.75, 3.05) is 13.2 Å². The summed E-state index contributed by atoms with van der Waals surface area (Å²) in [6.45, 7) is 10.5. The van der Waals surface area contributed by atoms with Crippen molar-refractivity contribution in [3.8, 4) is 0 Å². The Morgan fingerprint density at radius 2 is 1.76 bits per heavy atom. The van der Waals surface area contributed by atoms with Crippen LogP contribution < -0.4 is 5.32 Å². The first-order valence-corrected chi connectivity index (χ1v) is 8.84. The maximum Gasteiger partial charge on any atom is 0.0949 e. The highest BCUT2D eigenvalue weighted by Gasteiger charge is 2.16. The summed E-state index contributed by atoms with van der Waals surface area (Å²) in [6.07, 6.45) is 5.10. The smallest absolute Gasteiger partial charge is 0.0949 e. The van der Waals surface area contributed by atoms with E-state index in [2.05, 4.69) is 73.2 Å². The van der Waals surface area contributed by atoms with E-state index in [9.17, 15) is 0 Å². The van der Waals surface area contributed by atoms with Gasteiger partial charge in [-0.25, -0.2) is 0 Å². The molecule has 0 saturated heterocycles. The van der Waals surface area contributed by atoms with Crippen molar-refractivity contribution in [1.29, 1.82) is 0 Å². The fraction of sp³-hybridized carbons (Fsp3) is 0.667. The molecule has 21 heavy (non-hydrogen) atoms. The first-order valence-electron chi connectivity index (χ1n) is 8.04. The topological polar surface area (TPSA) is 21.3 Å². The molecule has 0 bridgehead atoms. The zero-order valence-corrected chi connectivity index (χ0v) is 15.5. The number of nitrogens with one attached hydrogen (secondary N) is 1. The second kappa shape index (κ2) is 9.60. The highest BCUT2D eigenvalue weighted by atomic mass is 79.9. The molecule has 1 rings (SSSR count). The number of unbranched alkanes of at least 4 members (excludes halogenated alkanes) is 3. The molecule has 0 aliphatic rings. The van der Waals surface area contributed by atoms with Crippen molar-refractivity contribution >= 4 is 15.9 Å². The number of benzene rings is 1. The minimum Gasteiger partial charge on any atom is -0.372 e. The second-order valence-corrected chi connectivity index (χ2v) is 7.52. The summed E-state index contributed by atoms with van der Waals surface area (Å²) in [7, 11) is 0. The third-order valence-electron chi connectivity index (χ3n) is 3.38. The summed E-state index contributed by atoms with van der Waals surface area (Å²) in [5.74, 6) is 0. The summed E-state index contributed by atoms with van der Waals surface area (Å²) < 4.78 is 7.24. The molecule has 2 nitrogen and oxygen atoms in total. The standard InChI is InChI=1S/C18H30BrNO/c1-5-6-7-8-13-21-17(14-20-18(2,3)4)15-9-11-16(19)12-10-15/h9-12,17,20H,5-8,13-14H2,1-4H3. The molecule has 0 aliphatic heterocycles. The van der Waals surface area contributed by atoms with Gasteiger partial charge in [0.2, 0.25) is 0 Å². The predicted octanol–water partition coefficient (Wildman–Crippen LogP) is 5.48. The first kappa shape index (κ1) is 18.7. The van der Waals surface area contributed by atoms with E-state index in [0.717, 1.165) is 24.0 Å². The zero-order valence-electron chi connectivity index (χ0n) is 13.9. The van der Waals surface area contributed by atoms with Gasteiger partial charge in [0.05, 0.1) is 6.10 Å². The number of hydrogen-bond acceptors (Lipinski definition) is 2. The van der Waals surface area contributed by atoms with Gasteiger partial charge in [0.15, 0.2) is 0 Å². The van der Waals surface area contributed by atoms with Gasteiger partial charge in [0, 0.05) is 23.2 Å². The Hall–Kier alpha value is -0.380. The van der Waals surface area contributed by atoms with Crippen LogP contribution in [0.25, 0.3) is 0 Å². The number of ether oxygens (including phenoxy) is 1. The van der Waals surface area contributed by atoms with Crippen molar-refractivity contribution in [2.45, 2.75) is 65.0 Å².